The normalized spacial score (nSPS) is 17.1. The first kappa shape index (κ1) is 31.1. The molecule has 0 spiro atoms. The Morgan fingerprint density at radius 1 is 1.11 bits per heavy atom. The van der Waals surface area contributed by atoms with Gasteiger partial charge in [0.25, 0.3) is 11.8 Å². The molecule has 3 aromatic heterocycles. The highest BCUT2D eigenvalue weighted by Crippen LogP contribution is 2.37. The predicted molar refractivity (Wildman–Crippen MR) is 152 cm³/mol. The zero-order valence-corrected chi connectivity index (χ0v) is 24.4. The van der Waals surface area contributed by atoms with Crippen LogP contribution in [0.4, 0.5) is 18.0 Å². The van der Waals surface area contributed by atoms with E-state index in [4.69, 9.17) is 19.3 Å². The molecule has 0 bridgehead atoms. The molecule has 244 valence electrons. The van der Waals surface area contributed by atoms with Crippen molar-refractivity contribution in [1.29, 1.82) is 0 Å². The molecule has 2 aliphatic heterocycles. The first-order chi connectivity index (χ1) is 22.1. The molecule has 2 N–H and O–H groups in total. The number of hydrogen-bond acceptors (Lipinski definition) is 10. The molecule has 46 heavy (non-hydrogen) atoms. The Balaban J connectivity index is 1.15. The van der Waals surface area contributed by atoms with Gasteiger partial charge in [-0.15, -0.1) is 0 Å². The first-order valence-electron chi connectivity index (χ1n) is 14.5. The molecule has 17 heteroatoms. The van der Waals surface area contributed by atoms with Crippen LogP contribution >= 0.6 is 0 Å². The van der Waals surface area contributed by atoms with Gasteiger partial charge in [0.15, 0.2) is 5.69 Å². The Kier molecular flexibility index (Phi) is 8.68. The molecule has 1 atom stereocenters. The highest BCUT2D eigenvalue weighted by atomic mass is 19.4. The van der Waals surface area contributed by atoms with Crippen molar-refractivity contribution in [3.05, 3.63) is 54.2 Å². The van der Waals surface area contributed by atoms with E-state index < -0.39 is 23.9 Å². The second kappa shape index (κ2) is 12.8. The second-order valence-corrected chi connectivity index (χ2v) is 10.7. The maximum absolute atomic E-state index is 13.8. The summed E-state index contributed by atoms with van der Waals surface area (Å²) in [4.78, 5) is 37.0. The zero-order chi connectivity index (χ0) is 32.4. The average molecular weight is 646 g/mol. The van der Waals surface area contributed by atoms with E-state index in [2.05, 4.69) is 15.1 Å². The number of carbonyl (C=O) groups is 2. The fraction of sp³-hybridized carbons (Fsp3) is 0.414. The van der Waals surface area contributed by atoms with Crippen molar-refractivity contribution in [1.82, 2.24) is 33.9 Å². The van der Waals surface area contributed by atoms with Gasteiger partial charge in [0.05, 0.1) is 36.2 Å². The monoisotopic (exact) mass is 645 g/mol. The number of aryl methyl sites for hydroxylation is 1. The van der Waals surface area contributed by atoms with Gasteiger partial charge >= 0.3 is 12.3 Å². The summed E-state index contributed by atoms with van der Waals surface area (Å²) in [6.07, 6.45) is 0.670. The van der Waals surface area contributed by atoms with E-state index in [1.165, 1.54) is 57.2 Å². The summed E-state index contributed by atoms with van der Waals surface area (Å²) in [6, 6.07) is 4.07. The number of fused-ring (bicyclic) bond motifs is 1. The Morgan fingerprint density at radius 3 is 2.59 bits per heavy atom. The molecule has 6 rings (SSSR count). The van der Waals surface area contributed by atoms with Gasteiger partial charge in [-0.05, 0) is 18.6 Å². The van der Waals surface area contributed by atoms with E-state index in [0.29, 0.717) is 19.6 Å². The number of benzene rings is 1. The number of rotatable bonds is 8. The third-order valence-electron chi connectivity index (χ3n) is 7.64. The van der Waals surface area contributed by atoms with Crippen molar-refractivity contribution < 1.29 is 47.2 Å². The molecule has 2 aliphatic rings. The smallest absolute Gasteiger partial charge is 0.435 e. The molecule has 2 fully saturated rings. The van der Waals surface area contributed by atoms with Crippen LogP contribution in [0.1, 0.15) is 28.9 Å². The van der Waals surface area contributed by atoms with Crippen molar-refractivity contribution in [3.8, 4) is 28.6 Å². The number of piperazine rings is 1. The van der Waals surface area contributed by atoms with Gasteiger partial charge in [-0.1, -0.05) is 0 Å². The lowest BCUT2D eigenvalue weighted by molar-refractivity contribution is -0.141. The summed E-state index contributed by atoms with van der Waals surface area (Å²) in [6.45, 7) is 1.86. The number of hydrogen-bond donors (Lipinski definition) is 2. The van der Waals surface area contributed by atoms with E-state index in [0.717, 1.165) is 4.68 Å². The number of nitrogens with zero attached hydrogens (tertiary/aromatic N) is 7. The number of phenolic OH excluding ortho intramolecular Hbond substituents is 1. The number of aromatic hydroxyl groups is 1. The number of amides is 2. The summed E-state index contributed by atoms with van der Waals surface area (Å²) < 4.78 is 60.5. The molecule has 14 nitrogen and oxygen atoms in total. The Hall–Kier alpha value is -4.90. The molecule has 2 saturated heterocycles. The van der Waals surface area contributed by atoms with Gasteiger partial charge in [0.2, 0.25) is 5.65 Å². The molecule has 1 aromatic carbocycles. The average Bonchev–Trinajstić information content (AvgIpc) is 3.80. The standard InChI is InChI=1S/C29H30F3N7O7/c30-29(31,32)24-21(16-38(35-24)6-1-12-40)22-15-34-25-26(33-5-7-39(22)25)45-18-2-3-20(23(41)14-18)27(42)36-8-10-37(11-9-36)28(43)46-19-4-13-44-17-19/h2-3,5,7,14-16,19,40-41H,1,4,6,8-13,17H2/t19-/m0/s1. The van der Waals surface area contributed by atoms with Gasteiger partial charge in [-0.3, -0.25) is 13.9 Å². The fourth-order valence-corrected chi connectivity index (χ4v) is 5.28. The molecule has 0 saturated carbocycles. The molecular weight excluding hydrogens is 615 g/mol. The third kappa shape index (κ3) is 6.41. The van der Waals surface area contributed by atoms with Crippen LogP contribution < -0.4 is 4.74 Å². The van der Waals surface area contributed by atoms with Crippen LogP contribution in [-0.2, 0) is 22.2 Å². The highest BCUT2D eigenvalue weighted by molar-refractivity contribution is 5.97. The molecular formula is C29H30F3N7O7. The van der Waals surface area contributed by atoms with E-state index in [9.17, 15) is 27.9 Å². The van der Waals surface area contributed by atoms with E-state index in [1.807, 2.05) is 0 Å². The van der Waals surface area contributed by atoms with Gasteiger partial charge < -0.3 is 34.2 Å². The molecule has 2 amide bonds. The van der Waals surface area contributed by atoms with Crippen LogP contribution in [0.3, 0.4) is 0 Å². The van der Waals surface area contributed by atoms with Crippen LogP contribution in [0.5, 0.6) is 17.4 Å². The summed E-state index contributed by atoms with van der Waals surface area (Å²) in [5, 5.41) is 23.5. The number of aliphatic hydroxyl groups is 1. The quantitative estimate of drug-likeness (QED) is 0.292. The molecule has 0 aliphatic carbocycles. The lowest BCUT2D eigenvalue weighted by Crippen LogP contribution is -2.51. The van der Waals surface area contributed by atoms with Crippen molar-refractivity contribution >= 4 is 17.6 Å². The van der Waals surface area contributed by atoms with Gasteiger partial charge in [0, 0.05) is 70.4 Å². The van der Waals surface area contributed by atoms with Crippen LogP contribution in [0.25, 0.3) is 16.9 Å². The summed E-state index contributed by atoms with van der Waals surface area (Å²) >= 11 is 0. The largest absolute Gasteiger partial charge is 0.507 e. The van der Waals surface area contributed by atoms with Gasteiger partial charge in [0.1, 0.15) is 17.6 Å². The predicted octanol–water partition coefficient (Wildman–Crippen LogP) is 3.18. The lowest BCUT2D eigenvalue weighted by atomic mass is 10.1. The van der Waals surface area contributed by atoms with Crippen molar-refractivity contribution in [2.45, 2.75) is 31.7 Å². The number of carbonyl (C=O) groups excluding carboxylic acids is 2. The first-order valence-corrected chi connectivity index (χ1v) is 14.5. The lowest BCUT2D eigenvalue weighted by Gasteiger charge is -2.34. The van der Waals surface area contributed by atoms with Crippen molar-refractivity contribution in [3.63, 3.8) is 0 Å². The minimum absolute atomic E-state index is 0.0265. The van der Waals surface area contributed by atoms with E-state index in [-0.39, 0.29) is 91.7 Å². The fourth-order valence-electron chi connectivity index (χ4n) is 5.28. The summed E-state index contributed by atoms with van der Waals surface area (Å²) in [7, 11) is 0. The zero-order valence-electron chi connectivity index (χ0n) is 24.4. The molecule has 0 radical (unpaired) electrons. The Morgan fingerprint density at radius 2 is 1.89 bits per heavy atom. The van der Waals surface area contributed by atoms with Crippen LogP contribution in [0.15, 0.2) is 43.0 Å². The van der Waals surface area contributed by atoms with Crippen LogP contribution in [0, 0.1) is 0 Å². The Labute approximate surface area is 259 Å². The molecule has 5 heterocycles. The maximum Gasteiger partial charge on any atom is 0.435 e. The van der Waals surface area contributed by atoms with Crippen molar-refractivity contribution in [2.75, 3.05) is 46.0 Å². The van der Waals surface area contributed by atoms with E-state index in [1.54, 1.807) is 0 Å². The highest BCUT2D eigenvalue weighted by Gasteiger charge is 2.38. The SMILES string of the molecule is O=C(O[C@H]1CCOC1)N1CCN(C(=O)c2ccc(Oc3nccn4c(-c5cn(CCCO)nc5C(F)(F)F)cnc34)cc2O)CC1. The molecule has 4 aromatic rings. The minimum Gasteiger partial charge on any atom is -0.507 e. The number of imidazole rings is 1. The number of aliphatic hydroxyl groups excluding tert-OH is 1. The number of alkyl halides is 3. The van der Waals surface area contributed by atoms with Gasteiger partial charge in [-0.25, -0.2) is 14.8 Å². The topological polar surface area (TPSA) is 157 Å². The van der Waals surface area contributed by atoms with Crippen molar-refractivity contribution in [2.24, 2.45) is 0 Å². The third-order valence-corrected chi connectivity index (χ3v) is 7.64. The second-order valence-electron chi connectivity index (χ2n) is 10.7. The maximum atomic E-state index is 13.8. The van der Waals surface area contributed by atoms with E-state index >= 15 is 0 Å². The minimum atomic E-state index is -4.74. The van der Waals surface area contributed by atoms with Crippen LogP contribution in [0.2, 0.25) is 0 Å². The Bertz CT molecular complexity index is 1730. The summed E-state index contributed by atoms with van der Waals surface area (Å²) in [5.41, 5.74) is -1.09. The van der Waals surface area contributed by atoms with Crippen LogP contribution in [-0.4, -0.2) is 108 Å². The number of ether oxygens (including phenoxy) is 3. The van der Waals surface area contributed by atoms with Gasteiger partial charge in [-0.2, -0.15) is 18.3 Å². The number of phenols is 1. The molecule has 0 unspecified atom stereocenters. The summed E-state index contributed by atoms with van der Waals surface area (Å²) in [5.74, 6) is -0.734. The number of halogens is 3. The number of aromatic nitrogens is 5.